The normalized spacial score (nSPS) is 25.8. The van der Waals surface area contributed by atoms with Gasteiger partial charge < -0.3 is 11.1 Å². The summed E-state index contributed by atoms with van der Waals surface area (Å²) in [6.45, 7) is 0. The standard InChI is InChI=1S/C11H17N3O2S/c12-11-14-10(16)8(17-11)6-9(15)13-7-4-2-1-3-5-7/h7-8H,1-6H2,(H,13,15)(H2,12,14,16)/t8-/m0/s1. The molecule has 5 nitrogen and oxygen atoms in total. The molecule has 1 aliphatic heterocycles. The third kappa shape index (κ3) is 3.46. The van der Waals surface area contributed by atoms with E-state index in [9.17, 15) is 9.59 Å². The molecule has 6 heteroatoms. The Balaban J connectivity index is 1.76. The lowest BCUT2D eigenvalue weighted by Crippen LogP contribution is -2.38. The lowest BCUT2D eigenvalue weighted by Gasteiger charge is -2.23. The third-order valence-corrected chi connectivity index (χ3v) is 4.09. The van der Waals surface area contributed by atoms with Gasteiger partial charge in [0.15, 0.2) is 5.17 Å². The van der Waals surface area contributed by atoms with Crippen LogP contribution in [-0.2, 0) is 9.59 Å². The Morgan fingerprint density at radius 2 is 2.12 bits per heavy atom. The van der Waals surface area contributed by atoms with Crippen molar-refractivity contribution in [3.05, 3.63) is 0 Å². The Hall–Kier alpha value is -1.04. The smallest absolute Gasteiger partial charge is 0.262 e. The van der Waals surface area contributed by atoms with Crippen molar-refractivity contribution in [2.24, 2.45) is 10.7 Å². The zero-order valence-corrected chi connectivity index (χ0v) is 10.5. The van der Waals surface area contributed by atoms with Crippen LogP contribution in [-0.4, -0.2) is 28.3 Å². The Labute approximate surface area is 105 Å². The molecule has 17 heavy (non-hydrogen) atoms. The van der Waals surface area contributed by atoms with Gasteiger partial charge in [0, 0.05) is 12.5 Å². The quantitative estimate of drug-likeness (QED) is 0.780. The molecule has 0 radical (unpaired) electrons. The molecule has 1 saturated carbocycles. The van der Waals surface area contributed by atoms with Crippen molar-refractivity contribution in [3.63, 3.8) is 0 Å². The molecule has 0 aromatic rings. The van der Waals surface area contributed by atoms with Gasteiger partial charge in [-0.2, -0.15) is 4.99 Å². The number of nitrogens with two attached hydrogens (primary N) is 1. The summed E-state index contributed by atoms with van der Waals surface area (Å²) < 4.78 is 0. The first-order valence-electron chi connectivity index (χ1n) is 5.99. The zero-order chi connectivity index (χ0) is 12.3. The molecule has 94 valence electrons. The van der Waals surface area contributed by atoms with Gasteiger partial charge in [-0.3, -0.25) is 9.59 Å². The van der Waals surface area contributed by atoms with Gasteiger partial charge in [-0.15, -0.1) is 0 Å². The fourth-order valence-electron chi connectivity index (χ4n) is 2.23. The second-order valence-electron chi connectivity index (χ2n) is 4.50. The fraction of sp³-hybridized carbons (Fsp3) is 0.727. The highest BCUT2D eigenvalue weighted by Gasteiger charge is 2.29. The van der Waals surface area contributed by atoms with Crippen molar-refractivity contribution in [2.45, 2.75) is 49.8 Å². The van der Waals surface area contributed by atoms with E-state index in [4.69, 9.17) is 5.73 Å². The molecule has 3 N–H and O–H groups in total. The van der Waals surface area contributed by atoms with Crippen LogP contribution in [0.25, 0.3) is 0 Å². The van der Waals surface area contributed by atoms with E-state index < -0.39 is 5.25 Å². The molecule has 0 spiro atoms. The maximum absolute atomic E-state index is 11.8. The van der Waals surface area contributed by atoms with Gasteiger partial charge in [0.2, 0.25) is 5.91 Å². The molecular formula is C11H17N3O2S. The van der Waals surface area contributed by atoms with E-state index in [0.29, 0.717) is 0 Å². The molecule has 0 aromatic heterocycles. The van der Waals surface area contributed by atoms with E-state index >= 15 is 0 Å². The molecule has 0 bridgehead atoms. The number of carbonyl (C=O) groups is 2. The van der Waals surface area contributed by atoms with Gasteiger partial charge in [-0.25, -0.2) is 0 Å². The van der Waals surface area contributed by atoms with Crippen LogP contribution in [0.1, 0.15) is 38.5 Å². The lowest BCUT2D eigenvalue weighted by molar-refractivity contribution is -0.125. The lowest BCUT2D eigenvalue weighted by atomic mass is 9.95. The molecule has 2 rings (SSSR count). The highest BCUT2D eigenvalue weighted by molar-refractivity contribution is 8.15. The Morgan fingerprint density at radius 3 is 2.71 bits per heavy atom. The highest BCUT2D eigenvalue weighted by atomic mass is 32.2. The first kappa shape index (κ1) is 12.4. The van der Waals surface area contributed by atoms with Crippen molar-refractivity contribution in [3.8, 4) is 0 Å². The summed E-state index contributed by atoms with van der Waals surface area (Å²) in [5, 5.41) is 2.84. The van der Waals surface area contributed by atoms with Crippen LogP contribution in [0.2, 0.25) is 0 Å². The van der Waals surface area contributed by atoms with Gasteiger partial charge >= 0.3 is 0 Å². The van der Waals surface area contributed by atoms with Crippen LogP contribution in [0.15, 0.2) is 4.99 Å². The molecule has 0 aromatic carbocycles. The second-order valence-corrected chi connectivity index (χ2v) is 5.72. The van der Waals surface area contributed by atoms with E-state index in [-0.39, 0.29) is 29.4 Å². The number of hydrogen-bond donors (Lipinski definition) is 2. The van der Waals surface area contributed by atoms with E-state index in [0.717, 1.165) is 12.8 Å². The minimum absolute atomic E-state index is 0.0624. The number of nitrogens with one attached hydrogen (secondary N) is 1. The first-order valence-corrected chi connectivity index (χ1v) is 6.87. The van der Waals surface area contributed by atoms with Crippen molar-refractivity contribution in [2.75, 3.05) is 0 Å². The summed E-state index contributed by atoms with van der Waals surface area (Å²) in [7, 11) is 0. The molecular weight excluding hydrogens is 238 g/mol. The van der Waals surface area contributed by atoms with Crippen molar-refractivity contribution < 1.29 is 9.59 Å². The molecule has 1 heterocycles. The summed E-state index contributed by atoms with van der Waals surface area (Å²) in [5.74, 6) is -0.348. The van der Waals surface area contributed by atoms with Gasteiger partial charge in [-0.1, -0.05) is 31.0 Å². The minimum atomic E-state index is -0.418. The summed E-state index contributed by atoms with van der Waals surface area (Å²) in [6, 6.07) is 0.288. The largest absolute Gasteiger partial charge is 0.378 e. The Kier molecular flexibility index (Phi) is 4.04. The number of nitrogens with zero attached hydrogens (tertiary/aromatic N) is 1. The van der Waals surface area contributed by atoms with E-state index in [1.807, 2.05) is 0 Å². The van der Waals surface area contributed by atoms with Crippen LogP contribution >= 0.6 is 11.8 Å². The molecule has 2 aliphatic rings. The van der Waals surface area contributed by atoms with Gasteiger partial charge in [0.25, 0.3) is 5.91 Å². The summed E-state index contributed by atoms with van der Waals surface area (Å²) in [5.41, 5.74) is 5.44. The number of thioether (sulfide) groups is 1. The number of rotatable bonds is 3. The van der Waals surface area contributed by atoms with Crippen molar-refractivity contribution in [1.82, 2.24) is 5.32 Å². The molecule has 2 amide bonds. The summed E-state index contributed by atoms with van der Waals surface area (Å²) in [4.78, 5) is 26.7. The average molecular weight is 255 g/mol. The summed E-state index contributed by atoms with van der Waals surface area (Å²) in [6.07, 6.45) is 5.90. The number of carbonyl (C=O) groups excluding carboxylic acids is 2. The van der Waals surface area contributed by atoms with Gasteiger partial charge in [0.1, 0.15) is 5.25 Å². The Bertz CT molecular complexity index is 351. The summed E-state index contributed by atoms with van der Waals surface area (Å²) >= 11 is 1.18. The van der Waals surface area contributed by atoms with Crippen LogP contribution in [0.4, 0.5) is 0 Å². The number of amidine groups is 1. The zero-order valence-electron chi connectivity index (χ0n) is 9.65. The molecule has 0 saturated heterocycles. The molecule has 1 aliphatic carbocycles. The predicted octanol–water partition coefficient (Wildman–Crippen LogP) is 0.782. The highest BCUT2D eigenvalue weighted by Crippen LogP contribution is 2.23. The predicted molar refractivity (Wildman–Crippen MR) is 67.6 cm³/mol. The first-order chi connectivity index (χ1) is 8.15. The topological polar surface area (TPSA) is 84.5 Å². The van der Waals surface area contributed by atoms with Crippen LogP contribution < -0.4 is 11.1 Å². The van der Waals surface area contributed by atoms with Gasteiger partial charge in [-0.05, 0) is 12.8 Å². The fourth-order valence-corrected chi connectivity index (χ4v) is 3.06. The third-order valence-electron chi connectivity index (χ3n) is 3.10. The molecule has 0 unspecified atom stereocenters. The number of amides is 2. The van der Waals surface area contributed by atoms with Crippen LogP contribution in [0, 0.1) is 0 Å². The van der Waals surface area contributed by atoms with E-state index in [1.54, 1.807) is 0 Å². The minimum Gasteiger partial charge on any atom is -0.378 e. The Morgan fingerprint density at radius 1 is 1.41 bits per heavy atom. The maximum Gasteiger partial charge on any atom is 0.262 e. The maximum atomic E-state index is 11.8. The van der Waals surface area contributed by atoms with Gasteiger partial charge in [0.05, 0.1) is 0 Å². The average Bonchev–Trinajstić information content (AvgIpc) is 2.58. The molecule has 1 atom stereocenters. The van der Waals surface area contributed by atoms with E-state index in [2.05, 4.69) is 10.3 Å². The second kappa shape index (κ2) is 5.53. The van der Waals surface area contributed by atoms with Crippen molar-refractivity contribution >= 4 is 28.7 Å². The van der Waals surface area contributed by atoms with Crippen LogP contribution in [0.3, 0.4) is 0 Å². The van der Waals surface area contributed by atoms with Crippen molar-refractivity contribution in [1.29, 1.82) is 0 Å². The monoisotopic (exact) mass is 255 g/mol. The number of aliphatic imine (C=N–C) groups is 1. The van der Waals surface area contributed by atoms with E-state index in [1.165, 1.54) is 31.0 Å². The SMILES string of the molecule is NC1=NC(=O)[C@H](CC(=O)NC2CCCCC2)S1. The molecule has 1 fully saturated rings. The van der Waals surface area contributed by atoms with Crippen LogP contribution in [0.5, 0.6) is 0 Å². The number of hydrogen-bond acceptors (Lipinski definition) is 4.